The minimum atomic E-state index is 0. The number of halogens is 1. The van der Waals surface area contributed by atoms with E-state index in [9.17, 15) is 0 Å². The van der Waals surface area contributed by atoms with E-state index in [0.29, 0.717) is 5.82 Å². The molecule has 0 fully saturated rings. The van der Waals surface area contributed by atoms with Gasteiger partial charge in [0.05, 0.1) is 0 Å². The summed E-state index contributed by atoms with van der Waals surface area (Å²) in [5.74, 6) is 0.338. The second-order valence-corrected chi connectivity index (χ2v) is 1.53. The topological polar surface area (TPSA) is 51.8 Å². The average molecular weight is 217 g/mol. The molecule has 3 nitrogen and oxygen atoms in total. The van der Waals surface area contributed by atoms with E-state index in [4.69, 9.17) is 17.3 Å². The number of aromatic nitrogens is 2. The molecule has 1 radical (unpaired) electrons. The SMILES string of the molecule is Nc1c[c-]nc(Cl)n1.[Y]. The van der Waals surface area contributed by atoms with Gasteiger partial charge in [-0.25, -0.2) is 0 Å². The molecule has 9 heavy (non-hydrogen) atoms. The predicted octanol–water partition coefficient (Wildman–Crippen LogP) is 0.510. The number of hydrogen-bond donors (Lipinski definition) is 1. The van der Waals surface area contributed by atoms with E-state index in [1.165, 1.54) is 6.07 Å². The summed E-state index contributed by atoms with van der Waals surface area (Å²) in [6.45, 7) is 0. The molecule has 0 saturated heterocycles. The van der Waals surface area contributed by atoms with Gasteiger partial charge in [-0.3, -0.25) is 0 Å². The molecule has 0 aromatic carbocycles. The van der Waals surface area contributed by atoms with Gasteiger partial charge < -0.3 is 15.7 Å². The van der Waals surface area contributed by atoms with Crippen LogP contribution in [-0.4, -0.2) is 9.97 Å². The molecular weight excluding hydrogens is 214 g/mol. The van der Waals surface area contributed by atoms with Gasteiger partial charge >= 0.3 is 0 Å². The van der Waals surface area contributed by atoms with Crippen LogP contribution in [0.1, 0.15) is 0 Å². The van der Waals surface area contributed by atoms with E-state index < -0.39 is 0 Å². The van der Waals surface area contributed by atoms with Crippen LogP contribution in [-0.2, 0) is 32.7 Å². The molecule has 0 bridgehead atoms. The third-order valence-electron chi connectivity index (χ3n) is 0.591. The van der Waals surface area contributed by atoms with Crippen LogP contribution in [0, 0.1) is 6.20 Å². The molecule has 1 rings (SSSR count). The van der Waals surface area contributed by atoms with Crippen molar-refractivity contribution < 1.29 is 32.7 Å². The van der Waals surface area contributed by atoms with Crippen LogP contribution in [0.3, 0.4) is 0 Å². The third-order valence-corrected chi connectivity index (χ3v) is 0.760. The molecule has 5 heteroatoms. The number of nitrogens with two attached hydrogens (primary N) is 1. The van der Waals surface area contributed by atoms with Gasteiger partial charge in [0.15, 0.2) is 0 Å². The Hall–Kier alpha value is 0.274. The maximum Gasteiger partial charge on any atom is 0.107 e. The minimum absolute atomic E-state index is 0. The van der Waals surface area contributed by atoms with Gasteiger partial charge in [0.2, 0.25) is 0 Å². The molecule has 45 valence electrons. The van der Waals surface area contributed by atoms with Crippen molar-refractivity contribution in [2.75, 3.05) is 5.73 Å². The summed E-state index contributed by atoms with van der Waals surface area (Å²) in [7, 11) is 0. The van der Waals surface area contributed by atoms with Gasteiger partial charge in [0.25, 0.3) is 0 Å². The zero-order chi connectivity index (χ0) is 5.98. The summed E-state index contributed by atoms with van der Waals surface area (Å²) in [5.41, 5.74) is 5.19. The van der Waals surface area contributed by atoms with Gasteiger partial charge in [-0.1, -0.05) is 6.20 Å². The van der Waals surface area contributed by atoms with Crippen LogP contribution in [0.5, 0.6) is 0 Å². The van der Waals surface area contributed by atoms with Crippen LogP contribution >= 0.6 is 11.6 Å². The number of nitrogen functional groups attached to an aromatic ring is 1. The summed E-state index contributed by atoms with van der Waals surface area (Å²) < 4.78 is 0. The number of anilines is 1. The monoisotopic (exact) mass is 217 g/mol. The molecule has 0 aliphatic heterocycles. The Morgan fingerprint density at radius 3 is 2.67 bits per heavy atom. The molecule has 0 amide bonds. The van der Waals surface area contributed by atoms with Gasteiger partial charge in [0, 0.05) is 38.5 Å². The summed E-state index contributed by atoms with van der Waals surface area (Å²) >= 11 is 5.31. The first-order chi connectivity index (χ1) is 3.79. The average Bonchev–Trinajstić information content (AvgIpc) is 1.64. The Labute approximate surface area is 82.9 Å². The Bertz CT molecular complexity index is 176. The second kappa shape index (κ2) is 4.15. The Morgan fingerprint density at radius 1 is 1.67 bits per heavy atom. The maximum absolute atomic E-state index is 5.31. The van der Waals surface area contributed by atoms with Gasteiger partial charge in [0.1, 0.15) is 5.28 Å². The summed E-state index contributed by atoms with van der Waals surface area (Å²) in [6, 6.07) is 1.45. The summed E-state index contributed by atoms with van der Waals surface area (Å²) in [5, 5.41) is 0.130. The zero-order valence-corrected chi connectivity index (χ0v) is 8.10. The van der Waals surface area contributed by atoms with Crippen LogP contribution in [0.4, 0.5) is 5.82 Å². The number of hydrogen-bond acceptors (Lipinski definition) is 3. The van der Waals surface area contributed by atoms with Crippen molar-refractivity contribution in [2.24, 2.45) is 0 Å². The van der Waals surface area contributed by atoms with Crippen molar-refractivity contribution in [3.8, 4) is 0 Å². The molecule has 0 aliphatic rings. The molecule has 0 spiro atoms. The fourth-order valence-electron chi connectivity index (χ4n) is 0.315. The maximum atomic E-state index is 5.31. The Kier molecular flexibility index (Phi) is 4.27. The number of rotatable bonds is 0. The van der Waals surface area contributed by atoms with E-state index in [1.54, 1.807) is 0 Å². The Morgan fingerprint density at radius 2 is 2.33 bits per heavy atom. The van der Waals surface area contributed by atoms with Crippen LogP contribution < -0.4 is 5.73 Å². The molecule has 0 aliphatic carbocycles. The van der Waals surface area contributed by atoms with Crippen LogP contribution in [0.25, 0.3) is 0 Å². The number of nitrogens with zero attached hydrogens (tertiary/aromatic N) is 2. The van der Waals surface area contributed by atoms with Crippen molar-refractivity contribution in [2.45, 2.75) is 0 Å². The first kappa shape index (κ1) is 9.27. The quantitative estimate of drug-likeness (QED) is 0.509. The van der Waals surface area contributed by atoms with E-state index in [2.05, 4.69) is 16.2 Å². The van der Waals surface area contributed by atoms with E-state index in [0.717, 1.165) is 0 Å². The first-order valence-electron chi connectivity index (χ1n) is 1.95. The predicted molar refractivity (Wildman–Crippen MR) is 30.3 cm³/mol. The Balaban J connectivity index is 0.000000640. The fourth-order valence-corrected chi connectivity index (χ4v) is 0.462. The summed E-state index contributed by atoms with van der Waals surface area (Å²) in [6.07, 6.45) is 2.46. The summed E-state index contributed by atoms with van der Waals surface area (Å²) in [4.78, 5) is 7.06. The van der Waals surface area contributed by atoms with E-state index in [1.807, 2.05) is 0 Å². The molecule has 1 aromatic rings. The van der Waals surface area contributed by atoms with Crippen molar-refractivity contribution in [1.82, 2.24) is 9.97 Å². The molecule has 1 heterocycles. The molecule has 0 saturated carbocycles. The van der Waals surface area contributed by atoms with Crippen molar-refractivity contribution in [1.29, 1.82) is 0 Å². The standard InChI is InChI=1S/C4H3ClN3.Y/c5-4-7-2-1-3(6)8-4;/h1H,(H2,6,7,8);/q-1;. The van der Waals surface area contributed by atoms with Crippen molar-refractivity contribution in [3.63, 3.8) is 0 Å². The van der Waals surface area contributed by atoms with Crippen molar-refractivity contribution in [3.05, 3.63) is 17.5 Å². The van der Waals surface area contributed by atoms with Crippen molar-refractivity contribution >= 4 is 17.4 Å². The second-order valence-electron chi connectivity index (χ2n) is 1.19. The van der Waals surface area contributed by atoms with E-state index >= 15 is 0 Å². The van der Waals surface area contributed by atoms with Crippen LogP contribution in [0.2, 0.25) is 5.28 Å². The smallest absolute Gasteiger partial charge is 0.107 e. The van der Waals surface area contributed by atoms with Gasteiger partial charge in [-0.15, -0.1) is 17.7 Å². The largest absolute Gasteiger partial charge is 0.435 e. The normalized spacial score (nSPS) is 8.11. The van der Waals surface area contributed by atoms with E-state index in [-0.39, 0.29) is 38.0 Å². The van der Waals surface area contributed by atoms with Gasteiger partial charge in [-0.2, -0.15) is 0 Å². The molecule has 0 atom stereocenters. The van der Waals surface area contributed by atoms with Crippen LogP contribution in [0.15, 0.2) is 6.07 Å². The third kappa shape index (κ3) is 3.09. The molecule has 1 aromatic heterocycles. The molecule has 2 N–H and O–H groups in total. The van der Waals surface area contributed by atoms with Gasteiger partial charge in [-0.05, 0) is 0 Å². The minimum Gasteiger partial charge on any atom is -0.435 e. The zero-order valence-electron chi connectivity index (χ0n) is 4.50. The first-order valence-corrected chi connectivity index (χ1v) is 2.33. The molecular formula is C4H3ClN3Y-. The molecule has 0 unspecified atom stereocenters. The fraction of sp³-hybridized carbons (Fsp3) is 0.